The normalized spacial score (nSPS) is 18.3. The summed E-state index contributed by atoms with van der Waals surface area (Å²) >= 11 is 5.29. The van der Waals surface area contributed by atoms with Gasteiger partial charge in [-0.25, -0.2) is 0 Å². The van der Waals surface area contributed by atoms with Gasteiger partial charge in [0.15, 0.2) is 0 Å². The number of esters is 1. The van der Waals surface area contributed by atoms with E-state index < -0.39 is 5.92 Å². The first-order valence-electron chi connectivity index (χ1n) is 7.96. The van der Waals surface area contributed by atoms with Crippen LogP contribution in [-0.2, 0) is 9.53 Å². The maximum Gasteiger partial charge on any atom is 0.322 e. The van der Waals surface area contributed by atoms with Gasteiger partial charge in [-0.3, -0.25) is 9.78 Å². The number of pyridine rings is 1. The van der Waals surface area contributed by atoms with E-state index in [-0.39, 0.29) is 12.1 Å². The molecule has 1 N–H and O–H groups in total. The molecule has 2 rings (SSSR count). The molecule has 0 amide bonds. The van der Waals surface area contributed by atoms with E-state index in [0.29, 0.717) is 16.6 Å². The second-order valence-corrected chi connectivity index (χ2v) is 6.28. The SMILES string of the molecule is CNC(=S)C(C(=O)OC(C)C1CCCCC1)c1ccccn1. The average Bonchev–Trinajstić information content (AvgIpc) is 2.56. The Balaban J connectivity index is 2.07. The van der Waals surface area contributed by atoms with Crippen molar-refractivity contribution < 1.29 is 9.53 Å². The Labute approximate surface area is 137 Å². The molecule has 0 bridgehead atoms. The first-order chi connectivity index (χ1) is 10.6. The molecule has 0 spiro atoms. The summed E-state index contributed by atoms with van der Waals surface area (Å²) in [5.74, 6) is -0.478. The minimum Gasteiger partial charge on any atom is -0.462 e. The Hall–Kier alpha value is -1.49. The summed E-state index contributed by atoms with van der Waals surface area (Å²) in [5.41, 5.74) is 0.627. The monoisotopic (exact) mass is 320 g/mol. The molecule has 2 unspecified atom stereocenters. The van der Waals surface area contributed by atoms with Crippen LogP contribution in [0, 0.1) is 5.92 Å². The van der Waals surface area contributed by atoms with E-state index in [9.17, 15) is 4.79 Å². The van der Waals surface area contributed by atoms with Gasteiger partial charge in [0.05, 0.1) is 10.7 Å². The Morgan fingerprint density at radius 1 is 1.36 bits per heavy atom. The zero-order valence-electron chi connectivity index (χ0n) is 13.2. The number of nitrogens with zero attached hydrogens (tertiary/aromatic N) is 1. The van der Waals surface area contributed by atoms with Crippen molar-refractivity contribution in [1.82, 2.24) is 10.3 Å². The molecule has 1 heterocycles. The fourth-order valence-corrected chi connectivity index (χ4v) is 3.22. The van der Waals surface area contributed by atoms with Gasteiger partial charge >= 0.3 is 5.97 Å². The molecule has 1 aliphatic rings. The number of carbonyl (C=O) groups excluding carboxylic acids is 1. The number of nitrogens with one attached hydrogen (secondary N) is 1. The summed E-state index contributed by atoms with van der Waals surface area (Å²) in [6.45, 7) is 1.99. The van der Waals surface area contributed by atoms with E-state index in [0.717, 1.165) is 12.8 Å². The summed E-state index contributed by atoms with van der Waals surface area (Å²) < 4.78 is 5.72. The number of ether oxygens (including phenoxy) is 1. The highest BCUT2D eigenvalue weighted by Gasteiger charge is 2.31. The van der Waals surface area contributed by atoms with Gasteiger partial charge in [0.25, 0.3) is 0 Å². The van der Waals surface area contributed by atoms with Gasteiger partial charge in [-0.2, -0.15) is 0 Å². The van der Waals surface area contributed by atoms with Gasteiger partial charge in [0, 0.05) is 13.2 Å². The summed E-state index contributed by atoms with van der Waals surface area (Å²) in [7, 11) is 1.72. The standard InChI is InChI=1S/C17H24N2O2S/c1-12(13-8-4-3-5-9-13)21-17(20)15(16(22)18-2)14-10-6-7-11-19-14/h6-7,10-13,15H,3-5,8-9H2,1-2H3,(H,18,22). The number of likely N-dealkylation sites (N-methyl/N-ethyl adjacent to an activating group) is 1. The molecule has 5 heteroatoms. The summed E-state index contributed by atoms with van der Waals surface area (Å²) in [6, 6.07) is 5.48. The van der Waals surface area contributed by atoms with Crippen molar-refractivity contribution in [2.45, 2.75) is 51.0 Å². The van der Waals surface area contributed by atoms with Crippen LogP contribution in [-0.4, -0.2) is 29.1 Å². The van der Waals surface area contributed by atoms with E-state index >= 15 is 0 Å². The van der Waals surface area contributed by atoms with Gasteiger partial charge in [0.2, 0.25) is 0 Å². The average molecular weight is 320 g/mol. The van der Waals surface area contributed by atoms with Gasteiger partial charge in [0.1, 0.15) is 12.0 Å². The Kier molecular flexibility index (Phi) is 6.31. The third-order valence-corrected chi connectivity index (χ3v) is 4.78. The molecule has 0 radical (unpaired) electrons. The van der Waals surface area contributed by atoms with Crippen LogP contribution < -0.4 is 5.32 Å². The molecule has 120 valence electrons. The fraction of sp³-hybridized carbons (Fsp3) is 0.588. The van der Waals surface area contributed by atoms with Crippen LogP contribution in [0.3, 0.4) is 0 Å². The number of rotatable bonds is 5. The van der Waals surface area contributed by atoms with Crippen molar-refractivity contribution in [3.05, 3.63) is 30.1 Å². The molecular formula is C17H24N2O2S. The second-order valence-electron chi connectivity index (χ2n) is 5.84. The molecule has 2 atom stereocenters. The smallest absolute Gasteiger partial charge is 0.322 e. The Morgan fingerprint density at radius 3 is 2.68 bits per heavy atom. The molecule has 0 aromatic carbocycles. The molecule has 22 heavy (non-hydrogen) atoms. The van der Waals surface area contributed by atoms with E-state index in [4.69, 9.17) is 17.0 Å². The molecule has 1 aromatic rings. The molecule has 1 aliphatic carbocycles. The van der Waals surface area contributed by atoms with Crippen LogP contribution in [0.1, 0.15) is 50.6 Å². The van der Waals surface area contributed by atoms with Crippen LogP contribution in [0.25, 0.3) is 0 Å². The van der Waals surface area contributed by atoms with Crippen molar-refractivity contribution in [3.63, 3.8) is 0 Å². The van der Waals surface area contributed by atoms with Crippen LogP contribution >= 0.6 is 12.2 Å². The van der Waals surface area contributed by atoms with Gasteiger partial charge in [-0.15, -0.1) is 0 Å². The first-order valence-corrected chi connectivity index (χ1v) is 8.37. The summed E-state index contributed by atoms with van der Waals surface area (Å²) in [4.78, 5) is 17.3. The van der Waals surface area contributed by atoms with Gasteiger partial charge in [-0.05, 0) is 37.8 Å². The van der Waals surface area contributed by atoms with E-state index in [1.807, 2.05) is 19.1 Å². The van der Waals surface area contributed by atoms with E-state index in [1.165, 1.54) is 19.3 Å². The summed E-state index contributed by atoms with van der Waals surface area (Å²) in [5, 5.41) is 2.89. The molecule has 0 aliphatic heterocycles. The highest BCUT2D eigenvalue weighted by atomic mass is 32.1. The van der Waals surface area contributed by atoms with Crippen molar-refractivity contribution in [1.29, 1.82) is 0 Å². The van der Waals surface area contributed by atoms with Crippen molar-refractivity contribution >= 4 is 23.2 Å². The van der Waals surface area contributed by atoms with Gasteiger partial charge in [-0.1, -0.05) is 37.5 Å². The maximum absolute atomic E-state index is 12.6. The molecule has 1 fully saturated rings. The lowest BCUT2D eigenvalue weighted by molar-refractivity contribution is -0.151. The second kappa shape index (κ2) is 8.22. The maximum atomic E-state index is 12.6. The Morgan fingerprint density at radius 2 is 2.09 bits per heavy atom. The highest BCUT2D eigenvalue weighted by Crippen LogP contribution is 2.29. The van der Waals surface area contributed by atoms with E-state index in [1.54, 1.807) is 19.3 Å². The largest absolute Gasteiger partial charge is 0.462 e. The third kappa shape index (κ3) is 4.26. The van der Waals surface area contributed by atoms with Crippen LogP contribution in [0.15, 0.2) is 24.4 Å². The topological polar surface area (TPSA) is 51.2 Å². The minimum atomic E-state index is -0.632. The predicted octanol–water partition coefficient (Wildman–Crippen LogP) is 3.22. The first kappa shape index (κ1) is 16.9. The van der Waals surface area contributed by atoms with Gasteiger partial charge < -0.3 is 10.1 Å². The lowest BCUT2D eigenvalue weighted by Crippen LogP contribution is -2.35. The van der Waals surface area contributed by atoms with Crippen molar-refractivity contribution in [3.8, 4) is 0 Å². The number of aromatic nitrogens is 1. The number of thiocarbonyl (C=S) groups is 1. The molecule has 1 saturated carbocycles. The lowest BCUT2D eigenvalue weighted by atomic mass is 9.86. The molecular weight excluding hydrogens is 296 g/mol. The van der Waals surface area contributed by atoms with Crippen LogP contribution in [0.2, 0.25) is 0 Å². The zero-order chi connectivity index (χ0) is 15.9. The Bertz CT molecular complexity index is 501. The third-order valence-electron chi connectivity index (χ3n) is 4.34. The minimum absolute atomic E-state index is 0.0707. The predicted molar refractivity (Wildman–Crippen MR) is 90.8 cm³/mol. The molecule has 4 nitrogen and oxygen atoms in total. The number of hydrogen-bond acceptors (Lipinski definition) is 4. The fourth-order valence-electron chi connectivity index (χ4n) is 3.00. The number of carbonyl (C=O) groups is 1. The highest BCUT2D eigenvalue weighted by molar-refractivity contribution is 7.80. The lowest BCUT2D eigenvalue weighted by Gasteiger charge is -2.28. The van der Waals surface area contributed by atoms with E-state index in [2.05, 4.69) is 10.3 Å². The molecule has 1 aromatic heterocycles. The quantitative estimate of drug-likeness (QED) is 0.667. The van der Waals surface area contributed by atoms with Crippen LogP contribution in [0.5, 0.6) is 0 Å². The zero-order valence-corrected chi connectivity index (χ0v) is 14.1. The number of hydrogen-bond donors (Lipinski definition) is 1. The summed E-state index contributed by atoms with van der Waals surface area (Å²) in [6.07, 6.45) is 7.61. The van der Waals surface area contributed by atoms with Crippen molar-refractivity contribution in [2.75, 3.05) is 7.05 Å². The van der Waals surface area contributed by atoms with Crippen LogP contribution in [0.4, 0.5) is 0 Å². The van der Waals surface area contributed by atoms with Crippen molar-refractivity contribution in [2.24, 2.45) is 5.92 Å². The molecule has 0 saturated heterocycles.